The summed E-state index contributed by atoms with van der Waals surface area (Å²) in [6.45, 7) is 0.205. The van der Waals surface area contributed by atoms with E-state index in [2.05, 4.69) is 15.4 Å². The molecule has 94 valence electrons. The van der Waals surface area contributed by atoms with Gasteiger partial charge in [-0.25, -0.2) is 13.1 Å². The highest BCUT2D eigenvalue weighted by Gasteiger charge is 2.10. The van der Waals surface area contributed by atoms with Crippen LogP contribution in [0.2, 0.25) is 0 Å². The second-order valence-electron chi connectivity index (χ2n) is 3.31. The number of carbonyl (C=O) groups is 1. The van der Waals surface area contributed by atoms with Crippen molar-refractivity contribution in [2.24, 2.45) is 0 Å². The number of rotatable bonds is 5. The van der Waals surface area contributed by atoms with Crippen LogP contribution in [0.4, 0.5) is 5.69 Å². The smallest absolute Gasteiger partial charge is 0.240 e. The summed E-state index contributed by atoms with van der Waals surface area (Å²) in [6, 6.07) is 5.94. The lowest BCUT2D eigenvalue weighted by Gasteiger charge is -2.06. The van der Waals surface area contributed by atoms with Crippen LogP contribution in [-0.4, -0.2) is 35.0 Å². The molecule has 0 aliphatic carbocycles. The van der Waals surface area contributed by atoms with Crippen LogP contribution in [0.1, 0.15) is 0 Å². The van der Waals surface area contributed by atoms with E-state index < -0.39 is 10.0 Å². The van der Waals surface area contributed by atoms with E-state index in [1.807, 2.05) is 0 Å². The van der Waals surface area contributed by atoms with Crippen molar-refractivity contribution in [2.75, 3.05) is 26.0 Å². The van der Waals surface area contributed by atoms with Gasteiger partial charge < -0.3 is 10.6 Å². The molecule has 17 heavy (non-hydrogen) atoms. The van der Waals surface area contributed by atoms with Gasteiger partial charge in [0.05, 0.1) is 11.4 Å². The van der Waals surface area contributed by atoms with Gasteiger partial charge in [-0.05, 0) is 38.4 Å². The van der Waals surface area contributed by atoms with E-state index in [-0.39, 0.29) is 17.3 Å². The summed E-state index contributed by atoms with van der Waals surface area (Å²) < 4.78 is 25.1. The summed E-state index contributed by atoms with van der Waals surface area (Å²) in [5.74, 6) is -0.184. The Labute approximate surface area is 100 Å². The van der Waals surface area contributed by atoms with Gasteiger partial charge in [-0.3, -0.25) is 4.79 Å². The Morgan fingerprint density at radius 2 is 1.76 bits per heavy atom. The first-order chi connectivity index (χ1) is 7.99. The molecule has 0 fully saturated rings. The quantitative estimate of drug-likeness (QED) is 0.679. The average Bonchev–Trinajstić information content (AvgIpc) is 2.30. The predicted molar refractivity (Wildman–Crippen MR) is 65.2 cm³/mol. The van der Waals surface area contributed by atoms with Crippen LogP contribution in [0.15, 0.2) is 29.2 Å². The maximum atomic E-state index is 11.4. The van der Waals surface area contributed by atoms with Crippen molar-refractivity contribution in [3.63, 3.8) is 0 Å². The molecule has 0 aromatic heterocycles. The normalized spacial score (nSPS) is 11.2. The molecule has 6 nitrogen and oxygen atoms in total. The summed E-state index contributed by atoms with van der Waals surface area (Å²) in [5, 5.41) is 5.34. The zero-order valence-corrected chi connectivity index (χ0v) is 10.5. The molecular weight excluding hydrogens is 242 g/mol. The number of nitrogens with one attached hydrogen (secondary N) is 3. The minimum atomic E-state index is -3.43. The highest BCUT2D eigenvalue weighted by molar-refractivity contribution is 7.89. The average molecular weight is 257 g/mol. The third-order valence-corrected chi connectivity index (χ3v) is 3.48. The zero-order chi connectivity index (χ0) is 12.9. The molecule has 0 aliphatic heterocycles. The number of likely N-dealkylation sites (N-methyl/N-ethyl adjacent to an activating group) is 1. The van der Waals surface area contributed by atoms with Gasteiger partial charge in [0.15, 0.2) is 0 Å². The van der Waals surface area contributed by atoms with Crippen molar-refractivity contribution in [1.82, 2.24) is 10.0 Å². The Kier molecular flexibility index (Phi) is 4.62. The number of amides is 1. The fourth-order valence-corrected chi connectivity index (χ4v) is 1.93. The standard InChI is InChI=1S/C10H15N3O3S/c1-11-7-10(14)13-8-3-5-9(6-4-8)17(15,16)12-2/h3-6,11-12H,7H2,1-2H3,(H,13,14). The molecule has 1 aromatic carbocycles. The van der Waals surface area contributed by atoms with Crippen molar-refractivity contribution in [3.8, 4) is 0 Å². The van der Waals surface area contributed by atoms with E-state index in [0.717, 1.165) is 0 Å². The molecule has 0 atom stereocenters. The first-order valence-electron chi connectivity index (χ1n) is 4.97. The monoisotopic (exact) mass is 257 g/mol. The third-order valence-electron chi connectivity index (χ3n) is 2.05. The molecule has 1 aromatic rings. The molecule has 1 amide bonds. The van der Waals surface area contributed by atoms with Crippen LogP contribution in [-0.2, 0) is 14.8 Å². The third kappa shape index (κ3) is 3.81. The second-order valence-corrected chi connectivity index (χ2v) is 5.20. The highest BCUT2D eigenvalue weighted by atomic mass is 32.2. The van der Waals surface area contributed by atoms with Gasteiger partial charge in [0, 0.05) is 5.69 Å². The second kappa shape index (κ2) is 5.76. The van der Waals surface area contributed by atoms with Gasteiger partial charge in [0.1, 0.15) is 0 Å². The molecule has 1 rings (SSSR count). The summed E-state index contributed by atoms with van der Waals surface area (Å²) in [7, 11) is -0.415. The lowest BCUT2D eigenvalue weighted by Crippen LogP contribution is -2.25. The molecule has 0 heterocycles. The number of benzene rings is 1. The van der Waals surface area contributed by atoms with Gasteiger partial charge >= 0.3 is 0 Å². The SMILES string of the molecule is CNCC(=O)Nc1ccc(S(=O)(=O)NC)cc1. The van der Waals surface area contributed by atoms with E-state index in [1.54, 1.807) is 7.05 Å². The lowest BCUT2D eigenvalue weighted by atomic mass is 10.3. The van der Waals surface area contributed by atoms with E-state index in [0.29, 0.717) is 5.69 Å². The zero-order valence-electron chi connectivity index (χ0n) is 9.65. The number of anilines is 1. The van der Waals surface area contributed by atoms with Crippen molar-refractivity contribution in [3.05, 3.63) is 24.3 Å². The molecule has 0 spiro atoms. The summed E-state index contributed by atoms with van der Waals surface area (Å²) in [4.78, 5) is 11.4. The number of hydrogen-bond donors (Lipinski definition) is 3. The molecule has 0 unspecified atom stereocenters. The van der Waals surface area contributed by atoms with E-state index in [4.69, 9.17) is 0 Å². The maximum Gasteiger partial charge on any atom is 0.240 e. The van der Waals surface area contributed by atoms with Gasteiger partial charge in [-0.2, -0.15) is 0 Å². The Balaban J connectivity index is 2.79. The molecule has 7 heteroatoms. The van der Waals surface area contributed by atoms with E-state index in [9.17, 15) is 13.2 Å². The van der Waals surface area contributed by atoms with Crippen LogP contribution in [0.5, 0.6) is 0 Å². The van der Waals surface area contributed by atoms with Gasteiger partial charge in [-0.1, -0.05) is 0 Å². The number of sulfonamides is 1. The largest absolute Gasteiger partial charge is 0.325 e. The summed E-state index contributed by atoms with van der Waals surface area (Å²) >= 11 is 0. The van der Waals surface area contributed by atoms with E-state index in [1.165, 1.54) is 31.3 Å². The number of hydrogen-bond acceptors (Lipinski definition) is 4. The minimum absolute atomic E-state index is 0.159. The predicted octanol–water partition coefficient (Wildman–Crippen LogP) is -0.247. The molecule has 0 saturated carbocycles. The lowest BCUT2D eigenvalue weighted by molar-refractivity contribution is -0.115. The Morgan fingerprint density at radius 1 is 1.18 bits per heavy atom. The maximum absolute atomic E-state index is 11.4. The summed E-state index contributed by atoms with van der Waals surface area (Å²) in [6.07, 6.45) is 0. The Morgan fingerprint density at radius 3 is 2.24 bits per heavy atom. The molecule has 0 saturated heterocycles. The van der Waals surface area contributed by atoms with Crippen molar-refractivity contribution >= 4 is 21.6 Å². The molecule has 0 radical (unpaired) electrons. The van der Waals surface area contributed by atoms with Crippen molar-refractivity contribution < 1.29 is 13.2 Å². The first-order valence-corrected chi connectivity index (χ1v) is 6.46. The Hall–Kier alpha value is -1.44. The van der Waals surface area contributed by atoms with Gasteiger partial charge in [0.25, 0.3) is 0 Å². The number of carbonyl (C=O) groups excluding carboxylic acids is 1. The van der Waals surface area contributed by atoms with Crippen LogP contribution in [0.3, 0.4) is 0 Å². The Bertz CT molecular complexity index is 482. The molecule has 0 aliphatic rings. The summed E-state index contributed by atoms with van der Waals surface area (Å²) in [5.41, 5.74) is 0.556. The van der Waals surface area contributed by atoms with Crippen molar-refractivity contribution in [1.29, 1.82) is 0 Å². The molecule has 0 bridgehead atoms. The first kappa shape index (κ1) is 13.6. The fourth-order valence-electron chi connectivity index (χ4n) is 1.20. The molecular formula is C10H15N3O3S. The van der Waals surface area contributed by atoms with Gasteiger partial charge in [-0.15, -0.1) is 0 Å². The fraction of sp³-hybridized carbons (Fsp3) is 0.300. The van der Waals surface area contributed by atoms with Crippen LogP contribution in [0, 0.1) is 0 Å². The van der Waals surface area contributed by atoms with Gasteiger partial charge in [0.2, 0.25) is 15.9 Å². The highest BCUT2D eigenvalue weighted by Crippen LogP contribution is 2.13. The van der Waals surface area contributed by atoms with Crippen LogP contribution >= 0.6 is 0 Å². The minimum Gasteiger partial charge on any atom is -0.325 e. The van der Waals surface area contributed by atoms with Crippen LogP contribution in [0.25, 0.3) is 0 Å². The topological polar surface area (TPSA) is 87.3 Å². The van der Waals surface area contributed by atoms with E-state index >= 15 is 0 Å². The van der Waals surface area contributed by atoms with Crippen molar-refractivity contribution in [2.45, 2.75) is 4.90 Å². The molecule has 3 N–H and O–H groups in total. The van der Waals surface area contributed by atoms with Crippen LogP contribution < -0.4 is 15.4 Å².